The molecule has 0 saturated carbocycles. The third-order valence-electron chi connectivity index (χ3n) is 4.89. The lowest BCUT2D eigenvalue weighted by molar-refractivity contribution is -0.114. The maximum Gasteiger partial charge on any atom is 0.296 e. The number of carbonyl (C=O) groups is 3. The zero-order chi connectivity index (χ0) is 23.4. The van der Waals surface area contributed by atoms with Crippen molar-refractivity contribution < 1.29 is 23.9 Å². The largest absolute Gasteiger partial charge is 0.493 e. The normalized spacial score (nSPS) is 13.4. The molecule has 33 heavy (non-hydrogen) atoms. The van der Waals surface area contributed by atoms with Gasteiger partial charge in [0.15, 0.2) is 17.3 Å². The molecule has 1 aliphatic heterocycles. The van der Waals surface area contributed by atoms with Crippen LogP contribution in [0.15, 0.2) is 88.5 Å². The van der Waals surface area contributed by atoms with Crippen molar-refractivity contribution in [2.75, 3.05) is 19.5 Å². The molecule has 1 aliphatic rings. The number of methoxy groups -OCH3 is 2. The molecule has 2 amide bonds. The van der Waals surface area contributed by atoms with Gasteiger partial charge in [-0.15, -0.1) is 0 Å². The number of benzene rings is 3. The van der Waals surface area contributed by atoms with Crippen LogP contribution in [0, 0.1) is 0 Å². The van der Waals surface area contributed by atoms with Gasteiger partial charge < -0.3 is 14.8 Å². The van der Waals surface area contributed by atoms with Gasteiger partial charge in [-0.3, -0.25) is 14.4 Å². The predicted molar refractivity (Wildman–Crippen MR) is 120 cm³/mol. The number of hydrogen-bond donors (Lipinski definition) is 1. The second kappa shape index (κ2) is 9.27. The molecule has 0 unspecified atom stereocenters. The van der Waals surface area contributed by atoms with Crippen LogP contribution in [-0.2, 0) is 4.79 Å². The molecule has 0 saturated heterocycles. The summed E-state index contributed by atoms with van der Waals surface area (Å²) in [6.45, 7) is 0. The fourth-order valence-corrected chi connectivity index (χ4v) is 3.21. The summed E-state index contributed by atoms with van der Waals surface area (Å²) in [6, 6.07) is 18.4. The van der Waals surface area contributed by atoms with Crippen LogP contribution in [0.4, 0.5) is 5.69 Å². The van der Waals surface area contributed by atoms with Gasteiger partial charge in [0.05, 0.1) is 24.9 Å². The van der Waals surface area contributed by atoms with Gasteiger partial charge in [-0.1, -0.05) is 18.2 Å². The number of amides is 2. The third-order valence-corrected chi connectivity index (χ3v) is 4.89. The highest BCUT2D eigenvalue weighted by Crippen LogP contribution is 2.28. The summed E-state index contributed by atoms with van der Waals surface area (Å²) in [5.74, 6) is -0.560. The zero-order valence-corrected chi connectivity index (χ0v) is 17.9. The molecule has 0 aromatic heterocycles. The first-order valence-corrected chi connectivity index (χ1v) is 9.95. The van der Waals surface area contributed by atoms with E-state index < -0.39 is 11.7 Å². The van der Waals surface area contributed by atoms with Crippen molar-refractivity contribution in [3.8, 4) is 11.5 Å². The Labute approximate surface area is 188 Å². The smallest absolute Gasteiger partial charge is 0.296 e. The monoisotopic (exact) mass is 441 g/mol. The van der Waals surface area contributed by atoms with Crippen molar-refractivity contribution >= 4 is 23.3 Å². The number of para-hydroxylation sites is 1. The summed E-state index contributed by atoms with van der Waals surface area (Å²) in [5.41, 5.74) is 1.20. The zero-order valence-electron chi connectivity index (χ0n) is 17.9. The van der Waals surface area contributed by atoms with Crippen LogP contribution in [0.3, 0.4) is 0 Å². The molecule has 0 radical (unpaired) electrons. The van der Waals surface area contributed by atoms with E-state index in [1.165, 1.54) is 26.4 Å². The summed E-state index contributed by atoms with van der Waals surface area (Å²) >= 11 is 0. The van der Waals surface area contributed by atoms with Crippen molar-refractivity contribution in [3.63, 3.8) is 0 Å². The fourth-order valence-electron chi connectivity index (χ4n) is 3.21. The molecule has 1 N–H and O–H groups in total. The van der Waals surface area contributed by atoms with Crippen molar-refractivity contribution in [3.05, 3.63) is 100 Å². The van der Waals surface area contributed by atoms with Gasteiger partial charge in [-0.25, -0.2) is 9.98 Å². The first-order chi connectivity index (χ1) is 16.0. The van der Waals surface area contributed by atoms with Gasteiger partial charge in [0.1, 0.15) is 5.70 Å². The molecule has 0 bridgehead atoms. The van der Waals surface area contributed by atoms with Crippen LogP contribution in [-0.4, -0.2) is 31.8 Å². The molecule has 0 spiro atoms. The molecular weight excluding hydrogens is 422 g/mol. The van der Waals surface area contributed by atoms with E-state index in [1.807, 2.05) is 18.2 Å². The molecule has 3 aromatic rings. The minimum absolute atomic E-state index is 0.0937. The molecule has 8 heteroatoms. The Balaban J connectivity index is 1.61. The molecule has 4 rings (SSSR count). The summed E-state index contributed by atoms with van der Waals surface area (Å²) in [6.07, 6.45) is 1.13. The Bertz CT molecular complexity index is 1410. The summed E-state index contributed by atoms with van der Waals surface area (Å²) in [5, 5.41) is 3.42. The van der Waals surface area contributed by atoms with Crippen LogP contribution in [0.25, 0.3) is 0 Å². The first kappa shape index (κ1) is 21.6. The molecule has 3 aromatic carbocycles. The number of fused-ring (bicyclic) bond motifs is 1. The number of carbonyl (C=O) groups excluding carboxylic acids is 3. The van der Waals surface area contributed by atoms with E-state index in [0.29, 0.717) is 33.7 Å². The molecule has 8 nitrogen and oxygen atoms in total. The number of nitrogens with one attached hydrogen (secondary N) is 1. The summed E-state index contributed by atoms with van der Waals surface area (Å²) in [4.78, 5) is 45.9. The van der Waals surface area contributed by atoms with Gasteiger partial charge in [-0.2, -0.15) is 0 Å². The SMILES string of the molecule is COc1ccc(C(=O)/C=C2\N=c3ccc(C(=O)Nc4ccccc4)cc3=NC2=O)cc1OC. The number of anilines is 1. The van der Waals surface area contributed by atoms with E-state index >= 15 is 0 Å². The van der Waals surface area contributed by atoms with Crippen molar-refractivity contribution in [2.45, 2.75) is 0 Å². The summed E-state index contributed by atoms with van der Waals surface area (Å²) in [7, 11) is 2.96. The maximum atomic E-state index is 12.7. The first-order valence-electron chi connectivity index (χ1n) is 9.95. The molecule has 0 aliphatic carbocycles. The topological polar surface area (TPSA) is 106 Å². The highest BCUT2D eigenvalue weighted by atomic mass is 16.5. The highest BCUT2D eigenvalue weighted by molar-refractivity contribution is 6.10. The Kier molecular flexibility index (Phi) is 6.08. The molecule has 164 valence electrons. The molecule has 0 atom stereocenters. The van der Waals surface area contributed by atoms with E-state index in [1.54, 1.807) is 36.4 Å². The lowest BCUT2D eigenvalue weighted by atomic mass is 10.1. The van der Waals surface area contributed by atoms with Crippen LogP contribution in [0.2, 0.25) is 0 Å². The van der Waals surface area contributed by atoms with E-state index in [4.69, 9.17) is 9.47 Å². The average Bonchev–Trinajstić information content (AvgIpc) is 2.84. The second-order valence-corrected chi connectivity index (χ2v) is 7.02. The summed E-state index contributed by atoms with van der Waals surface area (Å²) < 4.78 is 10.4. The number of ether oxygens (including phenoxy) is 2. The number of nitrogens with zero attached hydrogens (tertiary/aromatic N) is 2. The molecular formula is C25H19N3O5. The van der Waals surface area contributed by atoms with Gasteiger partial charge in [0, 0.05) is 22.9 Å². The number of hydrogen-bond acceptors (Lipinski definition) is 6. The predicted octanol–water partition coefficient (Wildman–Crippen LogP) is 2.50. The maximum absolute atomic E-state index is 12.7. The minimum atomic E-state index is -0.669. The Hall–Kier alpha value is -4.59. The van der Waals surface area contributed by atoms with Gasteiger partial charge in [0.2, 0.25) is 0 Å². The minimum Gasteiger partial charge on any atom is -0.493 e. The fraction of sp³-hybridized carbons (Fsp3) is 0.0800. The molecule has 1 heterocycles. The highest BCUT2D eigenvalue weighted by Gasteiger charge is 2.17. The van der Waals surface area contributed by atoms with E-state index in [9.17, 15) is 14.4 Å². The number of rotatable bonds is 6. The van der Waals surface area contributed by atoms with Crippen molar-refractivity contribution in [1.82, 2.24) is 0 Å². The molecule has 0 fully saturated rings. The van der Waals surface area contributed by atoms with E-state index in [2.05, 4.69) is 15.3 Å². The Morgan fingerprint density at radius 3 is 2.27 bits per heavy atom. The quantitative estimate of drug-likeness (QED) is 0.467. The lowest BCUT2D eigenvalue weighted by Crippen LogP contribution is -2.32. The second-order valence-electron chi connectivity index (χ2n) is 7.02. The standard InChI is InChI=1S/C25H19N3O5/c1-32-22-11-9-15(13-23(22)33-2)21(29)14-20-25(31)28-19-12-16(8-10-18(19)27-20)24(30)26-17-6-4-3-5-7-17/h3-14H,1-2H3,(H,26,30)/b20-14-. The number of ketones is 1. The number of allylic oxidation sites excluding steroid dienone is 1. The van der Waals surface area contributed by atoms with Crippen molar-refractivity contribution in [2.24, 2.45) is 9.98 Å². The Morgan fingerprint density at radius 2 is 1.55 bits per heavy atom. The van der Waals surface area contributed by atoms with Crippen molar-refractivity contribution in [1.29, 1.82) is 0 Å². The van der Waals surface area contributed by atoms with Gasteiger partial charge in [-0.05, 0) is 48.5 Å². The third kappa shape index (κ3) is 4.69. The van der Waals surface area contributed by atoms with Gasteiger partial charge in [0.25, 0.3) is 11.8 Å². The van der Waals surface area contributed by atoms with E-state index in [0.717, 1.165) is 6.08 Å². The van der Waals surface area contributed by atoms with Crippen LogP contribution in [0.5, 0.6) is 11.5 Å². The lowest BCUT2D eigenvalue weighted by Gasteiger charge is -2.08. The van der Waals surface area contributed by atoms with Crippen LogP contribution >= 0.6 is 0 Å². The van der Waals surface area contributed by atoms with Crippen LogP contribution < -0.4 is 25.5 Å². The van der Waals surface area contributed by atoms with Crippen LogP contribution in [0.1, 0.15) is 20.7 Å². The Morgan fingerprint density at radius 1 is 0.818 bits per heavy atom. The average molecular weight is 441 g/mol. The van der Waals surface area contributed by atoms with Gasteiger partial charge >= 0.3 is 0 Å². The van der Waals surface area contributed by atoms with E-state index in [-0.39, 0.29) is 17.0 Å².